The van der Waals surface area contributed by atoms with Gasteiger partial charge < -0.3 is 15.3 Å². The molecule has 0 unspecified atom stereocenters. The van der Waals surface area contributed by atoms with E-state index < -0.39 is 22.9 Å². The van der Waals surface area contributed by atoms with Crippen LogP contribution in [0.5, 0.6) is 0 Å². The van der Waals surface area contributed by atoms with E-state index in [1.54, 1.807) is 0 Å². The van der Waals surface area contributed by atoms with Gasteiger partial charge in [-0.05, 0) is 117 Å². The molecule has 0 saturated heterocycles. The Bertz CT molecular complexity index is 883. The second-order valence-corrected chi connectivity index (χ2v) is 14.4. The van der Waals surface area contributed by atoms with Crippen molar-refractivity contribution in [1.82, 2.24) is 0 Å². The highest BCUT2D eigenvalue weighted by Gasteiger charge is 2.72. The van der Waals surface area contributed by atoms with Crippen LogP contribution in [0.1, 0.15) is 98.8 Å². The number of hydrogen-bond donors (Lipinski definition) is 3. The smallest absolute Gasteiger partial charge is 0.309 e. The van der Waals surface area contributed by atoms with Crippen molar-refractivity contribution in [2.45, 2.75) is 105 Å². The van der Waals surface area contributed by atoms with E-state index in [-0.39, 0.29) is 28.8 Å². The fourth-order valence-electron chi connectivity index (χ4n) is 11.5. The molecule has 3 N–H and O–H groups in total. The van der Waals surface area contributed by atoms with Crippen molar-refractivity contribution in [3.05, 3.63) is 12.2 Å². The largest absolute Gasteiger partial charge is 0.481 e. The van der Waals surface area contributed by atoms with E-state index in [4.69, 9.17) is 0 Å². The number of carboxylic acid groups (broad SMARTS) is 1. The lowest BCUT2D eigenvalue weighted by molar-refractivity contribution is -0.254. The highest BCUT2D eigenvalue weighted by Crippen LogP contribution is 2.77. The lowest BCUT2D eigenvalue weighted by Gasteiger charge is -2.72. The van der Waals surface area contributed by atoms with Gasteiger partial charge >= 0.3 is 5.97 Å². The standard InChI is InChI=1S/C30H48O4/c1-18(2)19-9-14-30(25(33)34)16-15-28(5)20(24(19)30)7-8-22-26(3)12-11-23(32)27(4,17-31)21(26)10-13-29(22,28)6/h19-24,31-32H,1,7-17H2,2-6H3,(H,33,34)/t19-,20+,21+,22+,23-,24-,26-,27-,28+,29+,30-/m0/s1. The number of hydrogen-bond acceptors (Lipinski definition) is 3. The molecule has 0 heterocycles. The molecule has 5 aliphatic carbocycles. The van der Waals surface area contributed by atoms with E-state index in [9.17, 15) is 20.1 Å². The van der Waals surface area contributed by atoms with Gasteiger partial charge in [-0.1, -0.05) is 39.8 Å². The summed E-state index contributed by atoms with van der Waals surface area (Å²) in [7, 11) is 0. The third kappa shape index (κ3) is 2.76. The van der Waals surface area contributed by atoms with Gasteiger partial charge in [0.1, 0.15) is 0 Å². The molecule has 34 heavy (non-hydrogen) atoms. The molecule has 192 valence electrons. The fraction of sp³-hybridized carbons (Fsp3) is 0.900. The Balaban J connectivity index is 1.56. The van der Waals surface area contributed by atoms with Gasteiger partial charge in [0.05, 0.1) is 18.1 Å². The van der Waals surface area contributed by atoms with Crippen molar-refractivity contribution in [2.75, 3.05) is 6.61 Å². The Labute approximate surface area is 206 Å². The average molecular weight is 473 g/mol. The monoisotopic (exact) mass is 472 g/mol. The summed E-state index contributed by atoms with van der Waals surface area (Å²) in [5.41, 5.74) is 0.586. The zero-order valence-corrected chi connectivity index (χ0v) is 22.2. The van der Waals surface area contributed by atoms with Gasteiger partial charge in [-0.3, -0.25) is 4.79 Å². The van der Waals surface area contributed by atoms with E-state index >= 15 is 0 Å². The Morgan fingerprint density at radius 2 is 1.59 bits per heavy atom. The molecule has 5 fully saturated rings. The predicted octanol–water partition coefficient (Wildman–Crippen LogP) is 6.06. The Morgan fingerprint density at radius 3 is 2.21 bits per heavy atom. The van der Waals surface area contributed by atoms with Crippen molar-refractivity contribution < 1.29 is 20.1 Å². The Morgan fingerprint density at radius 1 is 0.882 bits per heavy atom. The summed E-state index contributed by atoms with van der Waals surface area (Å²) in [6.07, 6.45) is 9.43. The van der Waals surface area contributed by atoms with Gasteiger partial charge in [0.25, 0.3) is 0 Å². The van der Waals surface area contributed by atoms with Crippen LogP contribution in [-0.4, -0.2) is 34.0 Å². The van der Waals surface area contributed by atoms with E-state index in [1.807, 2.05) is 0 Å². The first-order chi connectivity index (χ1) is 15.8. The average Bonchev–Trinajstić information content (AvgIpc) is 3.18. The van der Waals surface area contributed by atoms with Crippen LogP contribution in [0.15, 0.2) is 12.2 Å². The molecular weight excluding hydrogens is 424 g/mol. The number of allylic oxidation sites excluding steroid dienone is 1. The van der Waals surface area contributed by atoms with Crippen LogP contribution in [0.2, 0.25) is 0 Å². The summed E-state index contributed by atoms with van der Waals surface area (Å²) < 4.78 is 0. The maximum atomic E-state index is 12.8. The van der Waals surface area contributed by atoms with E-state index in [2.05, 4.69) is 41.2 Å². The summed E-state index contributed by atoms with van der Waals surface area (Å²) in [6.45, 7) is 16.2. The van der Waals surface area contributed by atoms with Crippen molar-refractivity contribution in [3.8, 4) is 0 Å². The van der Waals surface area contributed by atoms with Crippen molar-refractivity contribution in [3.63, 3.8) is 0 Å². The van der Waals surface area contributed by atoms with Gasteiger partial charge in [0, 0.05) is 5.41 Å². The minimum atomic E-state index is -0.567. The lowest BCUT2D eigenvalue weighted by atomic mass is 9.32. The normalized spacial score (nSPS) is 56.6. The zero-order valence-electron chi connectivity index (χ0n) is 22.2. The molecule has 5 rings (SSSR count). The number of fused-ring (bicyclic) bond motifs is 7. The van der Waals surface area contributed by atoms with Crippen LogP contribution < -0.4 is 0 Å². The minimum Gasteiger partial charge on any atom is -0.481 e. The molecule has 5 saturated carbocycles. The Kier molecular flexibility index (Phi) is 5.52. The van der Waals surface area contributed by atoms with Crippen LogP contribution in [0.25, 0.3) is 0 Å². The maximum Gasteiger partial charge on any atom is 0.309 e. The van der Waals surface area contributed by atoms with Crippen LogP contribution in [0, 0.1) is 56.7 Å². The molecule has 0 bridgehead atoms. The van der Waals surface area contributed by atoms with Gasteiger partial charge in [0.15, 0.2) is 0 Å². The summed E-state index contributed by atoms with van der Waals surface area (Å²) in [5, 5.41) is 31.8. The van der Waals surface area contributed by atoms with E-state index in [0.29, 0.717) is 23.7 Å². The number of aliphatic hydroxyl groups is 2. The fourth-order valence-corrected chi connectivity index (χ4v) is 11.5. The molecule has 4 heteroatoms. The molecule has 0 spiro atoms. The van der Waals surface area contributed by atoms with Crippen LogP contribution >= 0.6 is 0 Å². The van der Waals surface area contributed by atoms with Gasteiger partial charge in [-0.2, -0.15) is 0 Å². The van der Waals surface area contributed by atoms with Crippen molar-refractivity contribution >= 4 is 5.97 Å². The van der Waals surface area contributed by atoms with Gasteiger partial charge in [0.2, 0.25) is 0 Å². The molecule has 0 radical (unpaired) electrons. The third-order valence-electron chi connectivity index (χ3n) is 13.6. The Hall–Kier alpha value is -0.870. The topological polar surface area (TPSA) is 77.8 Å². The first-order valence-electron chi connectivity index (χ1n) is 14.0. The molecule has 4 nitrogen and oxygen atoms in total. The summed E-state index contributed by atoms with van der Waals surface area (Å²) >= 11 is 0. The summed E-state index contributed by atoms with van der Waals surface area (Å²) in [4.78, 5) is 12.8. The van der Waals surface area contributed by atoms with Crippen molar-refractivity contribution in [2.24, 2.45) is 56.7 Å². The predicted molar refractivity (Wildman–Crippen MR) is 134 cm³/mol. The minimum absolute atomic E-state index is 0.0568. The van der Waals surface area contributed by atoms with Gasteiger partial charge in [-0.25, -0.2) is 0 Å². The maximum absolute atomic E-state index is 12.8. The molecule has 11 atom stereocenters. The van der Waals surface area contributed by atoms with Crippen molar-refractivity contribution in [1.29, 1.82) is 0 Å². The molecule has 0 aromatic rings. The molecule has 0 aliphatic heterocycles. The highest BCUT2D eigenvalue weighted by atomic mass is 16.4. The number of aliphatic carboxylic acids is 1. The summed E-state index contributed by atoms with van der Waals surface area (Å²) in [6, 6.07) is 0. The second kappa shape index (κ2) is 7.57. The van der Waals surface area contributed by atoms with E-state index in [0.717, 1.165) is 64.2 Å². The third-order valence-corrected chi connectivity index (χ3v) is 13.6. The molecule has 0 amide bonds. The SMILES string of the molecule is C=C(C)[C@@H]1CC[C@]2(C(=O)O)CC[C@]3(C)[C@H](CC[C@@H]4[C@@]5(C)CC[C@H](O)[C@@](C)(CO)[C@@H]5CC[C@]43C)[C@H]12. The van der Waals surface area contributed by atoms with Crippen LogP contribution in [-0.2, 0) is 4.79 Å². The molecule has 0 aromatic heterocycles. The van der Waals surface area contributed by atoms with Crippen LogP contribution in [0.4, 0.5) is 0 Å². The first kappa shape index (κ1) is 24.8. The molecule has 0 aromatic carbocycles. The summed E-state index contributed by atoms with van der Waals surface area (Å²) in [5.74, 6) is 1.30. The number of carboxylic acids is 1. The highest BCUT2D eigenvalue weighted by molar-refractivity contribution is 5.76. The number of carbonyl (C=O) groups is 1. The first-order valence-corrected chi connectivity index (χ1v) is 14.0. The van der Waals surface area contributed by atoms with E-state index in [1.165, 1.54) is 5.57 Å². The second-order valence-electron chi connectivity index (χ2n) is 14.4. The van der Waals surface area contributed by atoms with Gasteiger partial charge in [-0.15, -0.1) is 0 Å². The molecular formula is C30H48O4. The zero-order chi connectivity index (χ0) is 24.9. The molecule has 5 aliphatic rings. The van der Waals surface area contributed by atoms with Crippen LogP contribution in [0.3, 0.4) is 0 Å². The quantitative estimate of drug-likeness (QED) is 0.436. The number of rotatable bonds is 3. The number of aliphatic hydroxyl groups excluding tert-OH is 2. The lowest BCUT2D eigenvalue weighted by Crippen LogP contribution is -2.67.